The van der Waals surface area contributed by atoms with Gasteiger partial charge in [0.05, 0.1) is 6.61 Å². The highest BCUT2D eigenvalue weighted by Gasteiger charge is 2.05. The van der Waals surface area contributed by atoms with Crippen molar-refractivity contribution in [3.8, 4) is 11.1 Å². The molecule has 0 aliphatic carbocycles. The first-order valence-corrected chi connectivity index (χ1v) is 5.55. The Morgan fingerprint density at radius 1 is 1.24 bits per heavy atom. The standard InChI is InChI=1S/C15H14FO/c1-17-10-9-12-7-8-14(15(16)11-12)13-5-3-2-4-6-13/h2-5,7-8,11H,9-10H2,1H3. The summed E-state index contributed by atoms with van der Waals surface area (Å²) in [6, 6.07) is 15.7. The lowest BCUT2D eigenvalue weighted by molar-refractivity contribution is 0.202. The molecule has 17 heavy (non-hydrogen) atoms. The van der Waals surface area contributed by atoms with Crippen LogP contribution in [0.2, 0.25) is 0 Å². The molecule has 2 aromatic rings. The van der Waals surface area contributed by atoms with Crippen molar-refractivity contribution in [2.75, 3.05) is 13.7 Å². The molecular formula is C15H14FO. The van der Waals surface area contributed by atoms with E-state index < -0.39 is 0 Å². The number of benzene rings is 2. The lowest BCUT2D eigenvalue weighted by Crippen LogP contribution is -1.95. The Kier molecular flexibility index (Phi) is 3.89. The van der Waals surface area contributed by atoms with Crippen LogP contribution in [0, 0.1) is 11.9 Å². The Labute approximate surface area is 101 Å². The van der Waals surface area contributed by atoms with Crippen molar-refractivity contribution in [3.05, 3.63) is 59.9 Å². The van der Waals surface area contributed by atoms with Gasteiger partial charge in [-0.25, -0.2) is 4.39 Å². The number of rotatable bonds is 4. The predicted octanol–water partition coefficient (Wildman–Crippen LogP) is 3.48. The van der Waals surface area contributed by atoms with E-state index >= 15 is 0 Å². The molecule has 0 aliphatic rings. The highest BCUT2D eigenvalue weighted by molar-refractivity contribution is 5.63. The van der Waals surface area contributed by atoms with E-state index in [1.54, 1.807) is 25.3 Å². The molecule has 0 fully saturated rings. The minimum Gasteiger partial charge on any atom is -0.384 e. The van der Waals surface area contributed by atoms with Crippen LogP contribution in [0.4, 0.5) is 4.39 Å². The summed E-state index contributed by atoms with van der Waals surface area (Å²) in [4.78, 5) is 0. The van der Waals surface area contributed by atoms with Crippen molar-refractivity contribution in [2.45, 2.75) is 6.42 Å². The van der Waals surface area contributed by atoms with Crippen LogP contribution in [-0.4, -0.2) is 13.7 Å². The topological polar surface area (TPSA) is 9.23 Å². The largest absolute Gasteiger partial charge is 0.384 e. The van der Waals surface area contributed by atoms with Crippen molar-refractivity contribution >= 4 is 0 Å². The van der Waals surface area contributed by atoms with Crippen LogP contribution in [0.15, 0.2) is 42.5 Å². The summed E-state index contributed by atoms with van der Waals surface area (Å²) in [5.74, 6) is -0.207. The molecular weight excluding hydrogens is 215 g/mol. The molecule has 0 aromatic heterocycles. The number of hydrogen-bond donors (Lipinski definition) is 0. The average molecular weight is 229 g/mol. The van der Waals surface area contributed by atoms with Gasteiger partial charge in [-0.1, -0.05) is 36.4 Å². The summed E-state index contributed by atoms with van der Waals surface area (Å²) in [7, 11) is 1.64. The molecule has 87 valence electrons. The Balaban J connectivity index is 2.26. The van der Waals surface area contributed by atoms with Gasteiger partial charge in [0.15, 0.2) is 0 Å². The van der Waals surface area contributed by atoms with Gasteiger partial charge in [0, 0.05) is 12.7 Å². The maximum absolute atomic E-state index is 13.9. The quantitative estimate of drug-likeness (QED) is 0.780. The van der Waals surface area contributed by atoms with Crippen LogP contribution in [0.5, 0.6) is 0 Å². The summed E-state index contributed by atoms with van der Waals surface area (Å²) in [6.07, 6.45) is 0.728. The zero-order valence-electron chi connectivity index (χ0n) is 9.74. The van der Waals surface area contributed by atoms with Crippen molar-refractivity contribution < 1.29 is 9.13 Å². The SMILES string of the molecule is COCCc1ccc(-c2[c]cccc2)c(F)c1. The van der Waals surface area contributed by atoms with Gasteiger partial charge in [0.2, 0.25) is 0 Å². The third-order valence-electron chi connectivity index (χ3n) is 2.63. The predicted molar refractivity (Wildman–Crippen MR) is 66.3 cm³/mol. The Bertz CT molecular complexity index is 480. The fraction of sp³-hybridized carbons (Fsp3) is 0.200. The van der Waals surface area contributed by atoms with E-state index in [2.05, 4.69) is 6.07 Å². The lowest BCUT2D eigenvalue weighted by atomic mass is 10.0. The monoisotopic (exact) mass is 229 g/mol. The van der Waals surface area contributed by atoms with Gasteiger partial charge in [-0.2, -0.15) is 0 Å². The zero-order valence-corrected chi connectivity index (χ0v) is 9.74. The van der Waals surface area contributed by atoms with Crippen LogP contribution in [0.3, 0.4) is 0 Å². The van der Waals surface area contributed by atoms with E-state index in [-0.39, 0.29) is 5.82 Å². The summed E-state index contributed by atoms with van der Waals surface area (Å²) in [6.45, 7) is 0.607. The summed E-state index contributed by atoms with van der Waals surface area (Å²) in [5, 5.41) is 0. The second kappa shape index (κ2) is 5.60. The molecule has 0 saturated heterocycles. The van der Waals surface area contributed by atoms with Gasteiger partial charge in [-0.3, -0.25) is 0 Å². The van der Waals surface area contributed by atoms with Gasteiger partial charge in [0.25, 0.3) is 0 Å². The highest BCUT2D eigenvalue weighted by Crippen LogP contribution is 2.23. The van der Waals surface area contributed by atoms with Crippen LogP contribution in [-0.2, 0) is 11.2 Å². The molecule has 0 heterocycles. The van der Waals surface area contributed by atoms with Gasteiger partial charge in [-0.05, 0) is 29.7 Å². The summed E-state index contributed by atoms with van der Waals surface area (Å²) >= 11 is 0. The minimum absolute atomic E-state index is 0.207. The summed E-state index contributed by atoms with van der Waals surface area (Å²) in [5.41, 5.74) is 2.32. The molecule has 0 saturated carbocycles. The van der Waals surface area contributed by atoms with Gasteiger partial charge in [-0.15, -0.1) is 0 Å². The van der Waals surface area contributed by atoms with E-state index in [4.69, 9.17) is 4.74 Å². The Morgan fingerprint density at radius 2 is 2.12 bits per heavy atom. The third kappa shape index (κ3) is 2.92. The van der Waals surface area contributed by atoms with E-state index in [1.807, 2.05) is 24.3 Å². The number of halogens is 1. The van der Waals surface area contributed by atoms with Gasteiger partial charge < -0.3 is 4.74 Å². The third-order valence-corrected chi connectivity index (χ3v) is 2.63. The first kappa shape index (κ1) is 11.8. The number of ether oxygens (including phenoxy) is 1. The molecule has 0 aliphatic heterocycles. The van der Waals surface area contributed by atoms with E-state index in [9.17, 15) is 4.39 Å². The summed E-state index contributed by atoms with van der Waals surface area (Å²) < 4.78 is 18.9. The Hall–Kier alpha value is -1.67. The Morgan fingerprint density at radius 3 is 2.76 bits per heavy atom. The first-order valence-electron chi connectivity index (χ1n) is 5.55. The van der Waals surface area contributed by atoms with Gasteiger partial charge >= 0.3 is 0 Å². The van der Waals surface area contributed by atoms with Gasteiger partial charge in [0.1, 0.15) is 5.82 Å². The van der Waals surface area contributed by atoms with Crippen LogP contribution in [0.1, 0.15) is 5.56 Å². The van der Waals surface area contributed by atoms with Crippen molar-refractivity contribution in [1.29, 1.82) is 0 Å². The average Bonchev–Trinajstić information content (AvgIpc) is 2.37. The van der Waals surface area contributed by atoms with E-state index in [1.165, 1.54) is 0 Å². The molecule has 2 rings (SSSR count). The van der Waals surface area contributed by atoms with Crippen LogP contribution in [0.25, 0.3) is 11.1 Å². The van der Waals surface area contributed by atoms with Crippen LogP contribution >= 0.6 is 0 Å². The molecule has 0 spiro atoms. The molecule has 0 unspecified atom stereocenters. The van der Waals surface area contributed by atoms with Crippen molar-refractivity contribution in [3.63, 3.8) is 0 Å². The molecule has 1 nitrogen and oxygen atoms in total. The second-order valence-corrected chi connectivity index (χ2v) is 3.83. The normalized spacial score (nSPS) is 10.5. The molecule has 2 aromatic carbocycles. The van der Waals surface area contributed by atoms with E-state index in [0.29, 0.717) is 12.2 Å². The molecule has 1 radical (unpaired) electrons. The van der Waals surface area contributed by atoms with E-state index in [0.717, 1.165) is 17.5 Å². The number of methoxy groups -OCH3 is 1. The molecule has 0 amide bonds. The van der Waals surface area contributed by atoms with Crippen molar-refractivity contribution in [2.24, 2.45) is 0 Å². The molecule has 2 heteroatoms. The minimum atomic E-state index is -0.207. The highest BCUT2D eigenvalue weighted by atomic mass is 19.1. The lowest BCUT2D eigenvalue weighted by Gasteiger charge is -2.06. The molecule has 0 atom stereocenters. The van der Waals surface area contributed by atoms with Crippen LogP contribution < -0.4 is 0 Å². The fourth-order valence-corrected chi connectivity index (χ4v) is 1.71. The molecule has 0 bridgehead atoms. The molecule has 0 N–H and O–H groups in total. The first-order chi connectivity index (χ1) is 8.31. The maximum Gasteiger partial charge on any atom is 0.131 e. The number of hydrogen-bond acceptors (Lipinski definition) is 1. The van der Waals surface area contributed by atoms with Crippen molar-refractivity contribution in [1.82, 2.24) is 0 Å². The zero-order chi connectivity index (χ0) is 12.1. The smallest absolute Gasteiger partial charge is 0.131 e. The maximum atomic E-state index is 13.9. The fourth-order valence-electron chi connectivity index (χ4n) is 1.71. The second-order valence-electron chi connectivity index (χ2n) is 3.83.